The molecule has 25 heavy (non-hydrogen) atoms. The molecule has 0 saturated heterocycles. The molecular formula is C22H26N2O. The van der Waals surface area contributed by atoms with Crippen molar-refractivity contribution in [2.45, 2.75) is 39.5 Å². The van der Waals surface area contributed by atoms with E-state index in [1.165, 1.54) is 11.1 Å². The van der Waals surface area contributed by atoms with Crippen molar-refractivity contribution in [3.63, 3.8) is 0 Å². The molecule has 130 valence electrons. The fraction of sp³-hybridized carbons (Fsp3) is 0.364. The highest BCUT2D eigenvalue weighted by molar-refractivity contribution is 5.90. The zero-order valence-corrected chi connectivity index (χ0v) is 15.4. The molecule has 1 amide bonds. The largest absolute Gasteiger partial charge is 0.273 e. The maximum Gasteiger partial charge on any atom is 0.244 e. The molecule has 0 aromatic heterocycles. The van der Waals surface area contributed by atoms with Crippen LogP contribution in [0.5, 0.6) is 0 Å². The van der Waals surface area contributed by atoms with Crippen molar-refractivity contribution in [2.75, 3.05) is 0 Å². The standard InChI is InChI=1S/C22H26N2O/c1-16(21(2,3)4)23-24-20(25)19-15-22(19,17-11-7-5-8-12-17)18-13-9-6-10-14-18/h5-14,19H,15H2,1-4H3,(H,24,25). The van der Waals surface area contributed by atoms with Gasteiger partial charge in [0.15, 0.2) is 0 Å². The average molecular weight is 334 g/mol. The van der Waals surface area contributed by atoms with Crippen LogP contribution in [0.15, 0.2) is 65.8 Å². The van der Waals surface area contributed by atoms with Gasteiger partial charge in [0.2, 0.25) is 5.91 Å². The summed E-state index contributed by atoms with van der Waals surface area (Å²) in [6, 6.07) is 20.6. The monoisotopic (exact) mass is 334 g/mol. The average Bonchev–Trinajstić information content (AvgIpc) is 3.37. The van der Waals surface area contributed by atoms with E-state index < -0.39 is 0 Å². The van der Waals surface area contributed by atoms with Gasteiger partial charge in [0.1, 0.15) is 0 Å². The lowest BCUT2D eigenvalue weighted by molar-refractivity contribution is -0.122. The smallest absolute Gasteiger partial charge is 0.244 e. The minimum absolute atomic E-state index is 0.00342. The van der Waals surface area contributed by atoms with E-state index in [4.69, 9.17) is 0 Å². The Morgan fingerprint density at radius 3 is 1.92 bits per heavy atom. The molecule has 1 unspecified atom stereocenters. The van der Waals surface area contributed by atoms with Crippen molar-refractivity contribution < 1.29 is 4.79 Å². The van der Waals surface area contributed by atoms with Crippen LogP contribution in [0.2, 0.25) is 0 Å². The third-order valence-electron chi connectivity index (χ3n) is 5.27. The lowest BCUT2D eigenvalue weighted by Gasteiger charge is -2.19. The van der Waals surface area contributed by atoms with E-state index in [-0.39, 0.29) is 22.7 Å². The molecule has 3 nitrogen and oxygen atoms in total. The zero-order valence-electron chi connectivity index (χ0n) is 15.4. The Bertz CT molecular complexity index is 733. The molecule has 0 bridgehead atoms. The van der Waals surface area contributed by atoms with Crippen molar-refractivity contribution in [3.8, 4) is 0 Å². The molecule has 1 aliphatic rings. The minimum atomic E-state index is -0.238. The highest BCUT2D eigenvalue weighted by atomic mass is 16.2. The Labute approximate surface area is 150 Å². The second-order valence-corrected chi connectivity index (χ2v) is 7.88. The van der Waals surface area contributed by atoms with Gasteiger partial charge < -0.3 is 0 Å². The molecule has 3 rings (SSSR count). The summed E-state index contributed by atoms with van der Waals surface area (Å²) < 4.78 is 0. The molecule has 0 aliphatic heterocycles. The van der Waals surface area contributed by atoms with Crippen LogP contribution in [0, 0.1) is 11.3 Å². The number of amides is 1. The van der Waals surface area contributed by atoms with Gasteiger partial charge in [-0.25, -0.2) is 5.43 Å². The van der Waals surface area contributed by atoms with E-state index >= 15 is 0 Å². The summed E-state index contributed by atoms with van der Waals surface area (Å²) >= 11 is 0. The SMILES string of the molecule is CC(=NNC(=O)C1CC1(c1ccccc1)c1ccccc1)C(C)(C)C. The maximum absolute atomic E-state index is 12.8. The van der Waals surface area contributed by atoms with Gasteiger partial charge in [-0.2, -0.15) is 5.10 Å². The van der Waals surface area contributed by atoms with E-state index in [0.717, 1.165) is 12.1 Å². The molecule has 1 fully saturated rings. The molecule has 3 heteroatoms. The highest BCUT2D eigenvalue weighted by Crippen LogP contribution is 2.58. The Kier molecular flexibility index (Phi) is 4.51. The van der Waals surface area contributed by atoms with Crippen LogP contribution in [0.25, 0.3) is 0 Å². The third kappa shape index (κ3) is 3.37. The molecule has 0 radical (unpaired) electrons. The first-order chi connectivity index (χ1) is 11.9. The lowest BCUT2D eigenvalue weighted by atomic mass is 9.85. The van der Waals surface area contributed by atoms with Gasteiger partial charge in [-0.05, 0) is 24.5 Å². The van der Waals surface area contributed by atoms with Gasteiger partial charge in [0, 0.05) is 16.5 Å². The van der Waals surface area contributed by atoms with Crippen molar-refractivity contribution in [1.82, 2.24) is 5.43 Å². The summed E-state index contributed by atoms with van der Waals surface area (Å²) in [5, 5.41) is 4.33. The summed E-state index contributed by atoms with van der Waals surface area (Å²) in [5.74, 6) is -0.0925. The molecule has 1 aliphatic carbocycles. The van der Waals surface area contributed by atoms with Crippen LogP contribution in [-0.2, 0) is 10.2 Å². The van der Waals surface area contributed by atoms with E-state index in [1.54, 1.807) is 0 Å². The fourth-order valence-corrected chi connectivity index (χ4v) is 3.24. The second-order valence-electron chi connectivity index (χ2n) is 7.88. The Hall–Kier alpha value is -2.42. The summed E-state index contributed by atoms with van der Waals surface area (Å²) in [5.41, 5.74) is 5.81. The first-order valence-electron chi connectivity index (χ1n) is 8.81. The highest BCUT2D eigenvalue weighted by Gasteiger charge is 2.60. The van der Waals surface area contributed by atoms with E-state index in [2.05, 4.69) is 55.6 Å². The molecule has 1 saturated carbocycles. The van der Waals surface area contributed by atoms with E-state index in [0.29, 0.717) is 0 Å². The van der Waals surface area contributed by atoms with Crippen LogP contribution in [0.1, 0.15) is 45.2 Å². The van der Waals surface area contributed by atoms with Gasteiger partial charge in [0.05, 0.1) is 5.92 Å². The number of benzene rings is 2. The van der Waals surface area contributed by atoms with Crippen LogP contribution in [0.3, 0.4) is 0 Å². The predicted molar refractivity (Wildman–Crippen MR) is 102 cm³/mol. The molecule has 1 N–H and O–H groups in total. The van der Waals surface area contributed by atoms with Gasteiger partial charge in [-0.15, -0.1) is 0 Å². The fourth-order valence-electron chi connectivity index (χ4n) is 3.24. The topological polar surface area (TPSA) is 41.5 Å². The van der Waals surface area contributed by atoms with Crippen LogP contribution in [0.4, 0.5) is 0 Å². The van der Waals surface area contributed by atoms with E-state index in [9.17, 15) is 4.79 Å². The Morgan fingerprint density at radius 2 is 1.48 bits per heavy atom. The van der Waals surface area contributed by atoms with Gasteiger partial charge in [-0.3, -0.25) is 4.79 Å². The number of nitrogens with zero attached hydrogens (tertiary/aromatic N) is 1. The number of hydrogen-bond donors (Lipinski definition) is 1. The number of hydrogen-bond acceptors (Lipinski definition) is 2. The van der Waals surface area contributed by atoms with Crippen LogP contribution >= 0.6 is 0 Å². The summed E-state index contributed by atoms with van der Waals surface area (Å²) in [4.78, 5) is 12.8. The van der Waals surface area contributed by atoms with Gasteiger partial charge in [0.25, 0.3) is 0 Å². The molecular weight excluding hydrogens is 308 g/mol. The number of carbonyl (C=O) groups excluding carboxylic acids is 1. The van der Waals surface area contributed by atoms with E-state index in [1.807, 2.05) is 43.3 Å². The van der Waals surface area contributed by atoms with Crippen molar-refractivity contribution >= 4 is 11.6 Å². The van der Waals surface area contributed by atoms with Crippen LogP contribution in [-0.4, -0.2) is 11.6 Å². The predicted octanol–water partition coefficient (Wildman–Crippen LogP) is 4.53. The number of rotatable bonds is 4. The quantitative estimate of drug-likeness (QED) is 0.648. The van der Waals surface area contributed by atoms with Gasteiger partial charge >= 0.3 is 0 Å². The Balaban J connectivity index is 1.87. The third-order valence-corrected chi connectivity index (χ3v) is 5.27. The molecule has 2 aromatic rings. The summed E-state index contributed by atoms with van der Waals surface area (Å²) in [6.07, 6.45) is 0.816. The minimum Gasteiger partial charge on any atom is -0.273 e. The number of carbonyl (C=O) groups is 1. The number of nitrogens with one attached hydrogen (secondary N) is 1. The van der Waals surface area contributed by atoms with Crippen molar-refractivity contribution in [2.24, 2.45) is 16.4 Å². The molecule has 1 atom stereocenters. The summed E-state index contributed by atoms with van der Waals surface area (Å²) in [7, 11) is 0. The molecule has 0 heterocycles. The van der Waals surface area contributed by atoms with Crippen molar-refractivity contribution in [3.05, 3.63) is 71.8 Å². The zero-order chi connectivity index (χ0) is 18.1. The Morgan fingerprint density at radius 1 is 1.00 bits per heavy atom. The molecule has 2 aromatic carbocycles. The lowest BCUT2D eigenvalue weighted by Crippen LogP contribution is -2.28. The normalized spacial score (nSPS) is 19.4. The van der Waals surface area contributed by atoms with Crippen LogP contribution < -0.4 is 5.43 Å². The maximum atomic E-state index is 12.8. The molecule has 0 spiro atoms. The van der Waals surface area contributed by atoms with Crippen molar-refractivity contribution in [1.29, 1.82) is 0 Å². The first kappa shape index (κ1) is 17.4. The first-order valence-corrected chi connectivity index (χ1v) is 8.81. The number of hydrazone groups is 1. The second kappa shape index (κ2) is 6.47. The van der Waals surface area contributed by atoms with Gasteiger partial charge in [-0.1, -0.05) is 81.4 Å². The summed E-state index contributed by atoms with van der Waals surface area (Å²) in [6.45, 7) is 8.23.